The maximum Gasteiger partial charge on any atom is 0.260 e. The summed E-state index contributed by atoms with van der Waals surface area (Å²) < 4.78 is 0. The van der Waals surface area contributed by atoms with Gasteiger partial charge in [-0.15, -0.1) is 0 Å². The average Bonchev–Trinajstić information content (AvgIpc) is 2.89. The fraction of sp³-hybridized carbons (Fsp3) is 0.188. The zero-order chi connectivity index (χ0) is 25.3. The topological polar surface area (TPSA) is 49.4 Å². The minimum atomic E-state index is -0.480. The predicted octanol–water partition coefficient (Wildman–Crippen LogP) is 7.07. The minimum absolute atomic E-state index is 0.133. The Balaban J connectivity index is 1.57. The number of fused-ring (bicyclic) bond motifs is 1. The summed E-state index contributed by atoms with van der Waals surface area (Å²) >= 11 is 0. The lowest BCUT2D eigenvalue weighted by Crippen LogP contribution is -2.56. The van der Waals surface area contributed by atoms with E-state index in [9.17, 15) is 9.59 Å². The van der Waals surface area contributed by atoms with Crippen molar-refractivity contribution in [3.63, 3.8) is 0 Å². The van der Waals surface area contributed by atoms with Gasteiger partial charge in [-0.2, -0.15) is 0 Å². The fourth-order valence-electron chi connectivity index (χ4n) is 5.63. The Hall–Kier alpha value is -4.18. The van der Waals surface area contributed by atoms with Crippen LogP contribution in [0.15, 0.2) is 109 Å². The minimum Gasteiger partial charge on any atom is -0.321 e. The Morgan fingerprint density at radius 1 is 0.722 bits per heavy atom. The van der Waals surface area contributed by atoms with E-state index in [-0.39, 0.29) is 17.2 Å². The number of hydrogen-bond donors (Lipinski definition) is 1. The Morgan fingerprint density at radius 2 is 1.31 bits per heavy atom. The Morgan fingerprint density at radius 3 is 2.03 bits per heavy atom. The molecule has 0 saturated heterocycles. The number of nitrogens with zero attached hydrogens (tertiary/aromatic N) is 1. The number of nitrogens with one attached hydrogen (secondary N) is 1. The van der Waals surface area contributed by atoms with Gasteiger partial charge in [0.1, 0.15) is 0 Å². The van der Waals surface area contributed by atoms with Gasteiger partial charge in [0, 0.05) is 22.2 Å². The first-order valence-corrected chi connectivity index (χ1v) is 12.3. The van der Waals surface area contributed by atoms with Crippen molar-refractivity contribution >= 4 is 23.2 Å². The van der Waals surface area contributed by atoms with Crippen LogP contribution in [0.1, 0.15) is 59.0 Å². The highest BCUT2D eigenvalue weighted by Gasteiger charge is 2.48. The number of para-hydroxylation sites is 2. The molecule has 0 saturated carbocycles. The molecule has 1 unspecified atom stereocenters. The summed E-state index contributed by atoms with van der Waals surface area (Å²) in [5.74, 6) is -0.377. The number of benzene rings is 4. The zero-order valence-electron chi connectivity index (χ0n) is 20.9. The van der Waals surface area contributed by atoms with Gasteiger partial charge in [-0.05, 0) is 61.7 Å². The van der Waals surface area contributed by atoms with Crippen molar-refractivity contribution in [2.75, 3.05) is 10.2 Å². The lowest BCUT2D eigenvalue weighted by Gasteiger charge is -2.51. The van der Waals surface area contributed by atoms with Crippen molar-refractivity contribution in [3.05, 3.63) is 131 Å². The molecule has 1 N–H and O–H groups in total. The molecule has 1 atom stereocenters. The highest BCUT2D eigenvalue weighted by molar-refractivity contribution is 6.14. The van der Waals surface area contributed by atoms with Crippen molar-refractivity contribution in [2.24, 2.45) is 0 Å². The third-order valence-corrected chi connectivity index (χ3v) is 7.19. The van der Waals surface area contributed by atoms with Gasteiger partial charge in [0.25, 0.3) is 11.8 Å². The van der Waals surface area contributed by atoms with Crippen LogP contribution in [0.25, 0.3) is 0 Å². The lowest BCUT2D eigenvalue weighted by atomic mass is 9.65. The van der Waals surface area contributed by atoms with Gasteiger partial charge < -0.3 is 10.2 Å². The van der Waals surface area contributed by atoms with Crippen LogP contribution < -0.4 is 10.2 Å². The number of carbonyl (C=O) groups excluding carboxylic acids is 2. The number of hydrogen-bond acceptors (Lipinski definition) is 2. The molecular weight excluding hydrogens is 444 g/mol. The molecular formula is C32H30N2O2. The SMILES string of the molecule is CC1(c2ccccc2)CC(C)(C)N(C(=O)c2ccccc2NC(=O)c2ccccc2)c2ccccc21. The largest absolute Gasteiger partial charge is 0.321 e. The molecule has 4 heteroatoms. The third kappa shape index (κ3) is 4.09. The zero-order valence-corrected chi connectivity index (χ0v) is 20.9. The van der Waals surface area contributed by atoms with E-state index >= 15 is 0 Å². The van der Waals surface area contributed by atoms with Crippen molar-refractivity contribution in [3.8, 4) is 0 Å². The molecule has 1 aliphatic heterocycles. The molecule has 1 heterocycles. The molecule has 0 spiro atoms. The highest BCUT2D eigenvalue weighted by atomic mass is 16.2. The van der Waals surface area contributed by atoms with Gasteiger partial charge >= 0.3 is 0 Å². The second kappa shape index (κ2) is 9.12. The molecule has 1 aliphatic rings. The molecule has 36 heavy (non-hydrogen) atoms. The standard InChI is InChI=1S/C32H30N2O2/c1-31(2)22-32(3,24-16-8-5-9-17-24)26-19-11-13-21-28(26)34(31)30(36)25-18-10-12-20-27(25)33-29(35)23-14-6-4-7-15-23/h4-21H,22H2,1-3H3,(H,33,35). The van der Waals surface area contributed by atoms with Crippen LogP contribution in [0.2, 0.25) is 0 Å². The Labute approximate surface area is 212 Å². The smallest absolute Gasteiger partial charge is 0.260 e. The fourth-order valence-corrected chi connectivity index (χ4v) is 5.63. The molecule has 0 aliphatic carbocycles. The molecule has 0 radical (unpaired) electrons. The summed E-state index contributed by atoms with van der Waals surface area (Å²) in [6.07, 6.45) is 0.755. The first-order chi connectivity index (χ1) is 17.3. The third-order valence-electron chi connectivity index (χ3n) is 7.19. The van der Waals surface area contributed by atoms with Gasteiger partial charge in [0.15, 0.2) is 0 Å². The quantitative estimate of drug-likeness (QED) is 0.344. The van der Waals surface area contributed by atoms with Crippen LogP contribution in [-0.4, -0.2) is 17.4 Å². The van der Waals surface area contributed by atoms with E-state index in [0.717, 1.165) is 17.7 Å². The van der Waals surface area contributed by atoms with Crippen LogP contribution >= 0.6 is 0 Å². The van der Waals surface area contributed by atoms with Gasteiger partial charge in [-0.3, -0.25) is 9.59 Å². The predicted molar refractivity (Wildman–Crippen MR) is 146 cm³/mol. The van der Waals surface area contributed by atoms with E-state index in [4.69, 9.17) is 0 Å². The van der Waals surface area contributed by atoms with Crippen molar-refractivity contribution in [2.45, 2.75) is 38.1 Å². The summed E-state index contributed by atoms with van der Waals surface area (Å²) in [6, 6.07) is 34.9. The van der Waals surface area contributed by atoms with E-state index in [1.165, 1.54) is 5.56 Å². The number of anilines is 2. The van der Waals surface area contributed by atoms with E-state index in [2.05, 4.69) is 56.4 Å². The van der Waals surface area contributed by atoms with E-state index < -0.39 is 5.54 Å². The van der Waals surface area contributed by atoms with E-state index in [0.29, 0.717) is 16.8 Å². The normalized spacial score (nSPS) is 18.2. The maximum atomic E-state index is 14.2. The first kappa shape index (κ1) is 23.6. The number of rotatable bonds is 4. The van der Waals surface area contributed by atoms with Crippen molar-refractivity contribution < 1.29 is 9.59 Å². The van der Waals surface area contributed by atoms with E-state index in [1.807, 2.05) is 59.5 Å². The summed E-state index contributed by atoms with van der Waals surface area (Å²) in [6.45, 7) is 6.50. The summed E-state index contributed by atoms with van der Waals surface area (Å²) in [5, 5.41) is 2.95. The van der Waals surface area contributed by atoms with Crippen molar-refractivity contribution in [1.82, 2.24) is 0 Å². The number of carbonyl (C=O) groups is 2. The van der Waals surface area contributed by atoms with Crippen LogP contribution in [0.5, 0.6) is 0 Å². The molecule has 4 nitrogen and oxygen atoms in total. The Bertz CT molecular complexity index is 1410. The summed E-state index contributed by atoms with van der Waals surface area (Å²) in [4.78, 5) is 29.0. The summed E-state index contributed by atoms with van der Waals surface area (Å²) in [7, 11) is 0. The monoisotopic (exact) mass is 474 g/mol. The second-order valence-corrected chi connectivity index (χ2v) is 10.2. The highest BCUT2D eigenvalue weighted by Crippen LogP contribution is 2.50. The molecule has 2 amide bonds. The van der Waals surface area contributed by atoms with Crippen LogP contribution in [0.4, 0.5) is 11.4 Å². The first-order valence-electron chi connectivity index (χ1n) is 12.3. The Kier molecular flexibility index (Phi) is 5.97. The summed E-state index contributed by atoms with van der Waals surface area (Å²) in [5.41, 5.74) is 4.03. The van der Waals surface area contributed by atoms with Crippen LogP contribution in [0.3, 0.4) is 0 Å². The average molecular weight is 475 g/mol. The van der Waals surface area contributed by atoms with Crippen LogP contribution in [-0.2, 0) is 5.41 Å². The van der Waals surface area contributed by atoms with E-state index in [1.54, 1.807) is 24.3 Å². The molecule has 0 bridgehead atoms. The molecule has 0 aromatic heterocycles. The second-order valence-electron chi connectivity index (χ2n) is 10.2. The van der Waals surface area contributed by atoms with Gasteiger partial charge in [0.2, 0.25) is 0 Å². The van der Waals surface area contributed by atoms with Crippen LogP contribution in [0, 0.1) is 0 Å². The maximum absolute atomic E-state index is 14.2. The van der Waals surface area contributed by atoms with Crippen molar-refractivity contribution in [1.29, 1.82) is 0 Å². The molecule has 180 valence electrons. The van der Waals surface area contributed by atoms with Gasteiger partial charge in [-0.25, -0.2) is 0 Å². The van der Waals surface area contributed by atoms with Gasteiger partial charge in [0.05, 0.1) is 11.3 Å². The number of amides is 2. The molecule has 0 fully saturated rings. The molecule has 4 aromatic rings. The van der Waals surface area contributed by atoms with Gasteiger partial charge in [-0.1, -0.05) is 85.8 Å². The molecule has 5 rings (SSSR count). The molecule has 4 aromatic carbocycles. The lowest BCUT2D eigenvalue weighted by molar-refractivity contribution is 0.0949.